The summed E-state index contributed by atoms with van der Waals surface area (Å²) in [6, 6.07) is 14.4. The Labute approximate surface area is 143 Å². The summed E-state index contributed by atoms with van der Waals surface area (Å²) < 4.78 is 2.95. The van der Waals surface area contributed by atoms with Crippen LogP contribution in [0.1, 0.15) is 0 Å². The van der Waals surface area contributed by atoms with Gasteiger partial charge in [-0.2, -0.15) is 0 Å². The van der Waals surface area contributed by atoms with Crippen molar-refractivity contribution in [1.82, 2.24) is 9.13 Å². The van der Waals surface area contributed by atoms with E-state index in [4.69, 9.17) is 0 Å². The number of aromatic nitrogens is 2. The maximum absolute atomic E-state index is 12.9. The maximum Gasteiger partial charge on any atom is 0.329 e. The van der Waals surface area contributed by atoms with Crippen molar-refractivity contribution >= 4 is 34.2 Å². The quantitative estimate of drug-likeness (QED) is 0.767. The first kappa shape index (κ1) is 15.2. The zero-order chi connectivity index (χ0) is 17.6. The molecule has 126 valence electrons. The number of aryl methyl sites for hydroxylation is 1. The third-order valence-electron chi connectivity index (χ3n) is 4.42. The number of para-hydroxylation sites is 4. The highest BCUT2D eigenvalue weighted by molar-refractivity contribution is 6.09. The summed E-state index contributed by atoms with van der Waals surface area (Å²) in [4.78, 5) is 38.7. The Morgan fingerprint density at radius 2 is 1.72 bits per heavy atom. The molecule has 0 fully saturated rings. The van der Waals surface area contributed by atoms with Crippen LogP contribution in [0, 0.1) is 0 Å². The average Bonchev–Trinajstić information content (AvgIpc) is 2.86. The number of carbonyl (C=O) groups excluding carboxylic acids is 2. The van der Waals surface area contributed by atoms with Crippen molar-refractivity contribution in [3.05, 3.63) is 59.0 Å². The minimum absolute atomic E-state index is 0.0602. The van der Waals surface area contributed by atoms with E-state index in [-0.39, 0.29) is 30.6 Å². The van der Waals surface area contributed by atoms with E-state index in [9.17, 15) is 14.4 Å². The van der Waals surface area contributed by atoms with Crippen molar-refractivity contribution in [2.24, 2.45) is 7.05 Å². The number of rotatable bonds is 2. The molecule has 2 amide bonds. The van der Waals surface area contributed by atoms with Crippen molar-refractivity contribution in [3.8, 4) is 0 Å². The highest BCUT2D eigenvalue weighted by atomic mass is 16.2. The monoisotopic (exact) mass is 336 g/mol. The third-order valence-corrected chi connectivity index (χ3v) is 4.42. The predicted octanol–water partition coefficient (Wildman–Crippen LogP) is 1.33. The van der Waals surface area contributed by atoms with E-state index in [1.807, 2.05) is 18.2 Å². The van der Waals surface area contributed by atoms with Crippen LogP contribution in [0.15, 0.2) is 53.3 Å². The molecule has 0 unspecified atom stereocenters. The second kappa shape index (κ2) is 5.62. The van der Waals surface area contributed by atoms with Gasteiger partial charge in [0.05, 0.1) is 22.4 Å². The number of carbonyl (C=O) groups is 2. The smallest absolute Gasteiger partial charge is 0.323 e. The van der Waals surface area contributed by atoms with Gasteiger partial charge in [0.2, 0.25) is 11.8 Å². The van der Waals surface area contributed by atoms with Crippen LogP contribution >= 0.6 is 0 Å². The van der Waals surface area contributed by atoms with Gasteiger partial charge in [-0.05, 0) is 24.3 Å². The van der Waals surface area contributed by atoms with Gasteiger partial charge < -0.3 is 5.32 Å². The summed E-state index contributed by atoms with van der Waals surface area (Å²) in [5.74, 6) is -0.557. The zero-order valence-electron chi connectivity index (χ0n) is 13.6. The molecule has 25 heavy (non-hydrogen) atoms. The minimum Gasteiger partial charge on any atom is -0.323 e. The van der Waals surface area contributed by atoms with Gasteiger partial charge in [0.25, 0.3) is 0 Å². The van der Waals surface area contributed by atoms with Crippen LogP contribution in [-0.4, -0.2) is 27.5 Å². The van der Waals surface area contributed by atoms with Crippen LogP contribution in [0.2, 0.25) is 0 Å². The molecule has 1 aliphatic rings. The molecule has 0 saturated carbocycles. The summed E-state index contributed by atoms with van der Waals surface area (Å²) >= 11 is 0. The molecule has 1 N–H and O–H groups in total. The fourth-order valence-electron chi connectivity index (χ4n) is 3.19. The lowest BCUT2D eigenvalue weighted by molar-refractivity contribution is -0.122. The number of benzene rings is 2. The number of nitrogens with one attached hydrogen (secondary N) is 1. The Balaban J connectivity index is 1.74. The lowest BCUT2D eigenvalue weighted by Gasteiger charge is -2.29. The standard InChI is InChI=1S/C18H16N4O3/c1-20-14-8-4-5-9-15(14)22(18(20)25)11-17(24)21-10-16(23)19-12-6-2-3-7-13(12)21/h2-9H,10-11H2,1H3,(H,19,23). The van der Waals surface area contributed by atoms with E-state index < -0.39 is 0 Å². The Bertz CT molecular complexity index is 1060. The highest BCUT2D eigenvalue weighted by Crippen LogP contribution is 2.29. The largest absolute Gasteiger partial charge is 0.329 e. The second-order valence-corrected chi connectivity index (χ2v) is 5.96. The van der Waals surface area contributed by atoms with E-state index in [0.29, 0.717) is 16.9 Å². The number of fused-ring (bicyclic) bond motifs is 2. The fraction of sp³-hybridized carbons (Fsp3) is 0.167. The molecule has 7 heteroatoms. The number of imidazole rings is 1. The number of nitrogens with zero attached hydrogens (tertiary/aromatic N) is 3. The van der Waals surface area contributed by atoms with E-state index in [2.05, 4.69) is 5.32 Å². The van der Waals surface area contributed by atoms with E-state index in [0.717, 1.165) is 5.52 Å². The molecule has 0 bridgehead atoms. The van der Waals surface area contributed by atoms with Crippen LogP contribution in [0.3, 0.4) is 0 Å². The Morgan fingerprint density at radius 3 is 2.52 bits per heavy atom. The van der Waals surface area contributed by atoms with Crippen molar-refractivity contribution in [2.75, 3.05) is 16.8 Å². The summed E-state index contributed by atoms with van der Waals surface area (Å²) in [5, 5.41) is 2.75. The van der Waals surface area contributed by atoms with E-state index >= 15 is 0 Å². The molecule has 0 radical (unpaired) electrons. The van der Waals surface area contributed by atoms with Crippen LogP contribution in [0.5, 0.6) is 0 Å². The van der Waals surface area contributed by atoms with Gasteiger partial charge in [-0.15, -0.1) is 0 Å². The molecule has 3 aromatic rings. The van der Waals surface area contributed by atoms with Crippen molar-refractivity contribution in [3.63, 3.8) is 0 Å². The molecule has 4 rings (SSSR count). The number of anilines is 2. The van der Waals surface area contributed by atoms with Gasteiger partial charge in [0, 0.05) is 7.05 Å². The van der Waals surface area contributed by atoms with Gasteiger partial charge in [0.1, 0.15) is 13.1 Å². The number of hydrogen-bond acceptors (Lipinski definition) is 3. The maximum atomic E-state index is 12.9. The SMILES string of the molecule is Cn1c(=O)n(CC(=O)N2CC(=O)Nc3ccccc32)c2ccccc21. The molecule has 0 spiro atoms. The first-order valence-electron chi connectivity index (χ1n) is 7.90. The lowest BCUT2D eigenvalue weighted by Crippen LogP contribution is -2.44. The summed E-state index contributed by atoms with van der Waals surface area (Å²) in [7, 11) is 1.68. The second-order valence-electron chi connectivity index (χ2n) is 5.96. The van der Waals surface area contributed by atoms with Gasteiger partial charge in [-0.3, -0.25) is 23.6 Å². The van der Waals surface area contributed by atoms with Gasteiger partial charge in [0.15, 0.2) is 0 Å². The van der Waals surface area contributed by atoms with Crippen LogP contribution in [0.4, 0.5) is 11.4 Å². The van der Waals surface area contributed by atoms with Crippen LogP contribution in [0.25, 0.3) is 11.0 Å². The zero-order valence-corrected chi connectivity index (χ0v) is 13.6. The molecule has 2 aromatic carbocycles. The molecule has 2 heterocycles. The highest BCUT2D eigenvalue weighted by Gasteiger charge is 2.27. The topological polar surface area (TPSA) is 76.3 Å². The van der Waals surface area contributed by atoms with Crippen molar-refractivity contribution in [2.45, 2.75) is 6.54 Å². The van der Waals surface area contributed by atoms with Crippen LogP contribution < -0.4 is 15.9 Å². The molecular weight excluding hydrogens is 320 g/mol. The first-order valence-corrected chi connectivity index (χ1v) is 7.90. The molecule has 1 aliphatic heterocycles. The lowest BCUT2D eigenvalue weighted by atomic mass is 10.2. The van der Waals surface area contributed by atoms with E-state index in [1.165, 1.54) is 14.0 Å². The first-order chi connectivity index (χ1) is 12.1. The molecule has 1 aromatic heterocycles. The van der Waals surface area contributed by atoms with Gasteiger partial charge in [-0.1, -0.05) is 24.3 Å². The molecular formula is C18H16N4O3. The summed E-state index contributed by atoms with van der Waals surface area (Å²) in [6.07, 6.45) is 0. The van der Waals surface area contributed by atoms with Crippen molar-refractivity contribution < 1.29 is 9.59 Å². The summed E-state index contributed by atoms with van der Waals surface area (Å²) in [6.45, 7) is -0.183. The minimum atomic E-state index is -0.305. The van der Waals surface area contributed by atoms with Gasteiger partial charge in [-0.25, -0.2) is 4.79 Å². The molecule has 0 aliphatic carbocycles. The third kappa shape index (κ3) is 2.40. The normalized spacial score (nSPS) is 13.6. The molecule has 0 saturated heterocycles. The Morgan fingerprint density at radius 1 is 1.04 bits per heavy atom. The van der Waals surface area contributed by atoms with E-state index in [1.54, 1.807) is 37.4 Å². The van der Waals surface area contributed by atoms with Gasteiger partial charge >= 0.3 is 5.69 Å². The van der Waals surface area contributed by atoms with Crippen LogP contribution in [-0.2, 0) is 23.2 Å². The predicted molar refractivity (Wildman–Crippen MR) is 94.6 cm³/mol. The molecule has 0 atom stereocenters. The van der Waals surface area contributed by atoms with Crippen molar-refractivity contribution in [1.29, 1.82) is 0 Å². The summed E-state index contributed by atoms with van der Waals surface area (Å²) in [5.41, 5.74) is 2.43. The Kier molecular flexibility index (Phi) is 3.42. The number of hydrogen-bond donors (Lipinski definition) is 1. The Hall–Kier alpha value is -3.35. The molecule has 7 nitrogen and oxygen atoms in total. The number of amides is 2. The fourth-order valence-corrected chi connectivity index (χ4v) is 3.19. The average molecular weight is 336 g/mol.